The summed E-state index contributed by atoms with van der Waals surface area (Å²) in [7, 11) is 0. The Bertz CT molecular complexity index is 658. The molecule has 3 rings (SSSR count). The number of thiophene rings is 1. The molecule has 0 bridgehead atoms. The van der Waals surface area contributed by atoms with Crippen molar-refractivity contribution in [2.75, 3.05) is 6.54 Å². The highest BCUT2D eigenvalue weighted by atomic mass is 32.1. The predicted molar refractivity (Wildman–Crippen MR) is 84.4 cm³/mol. The van der Waals surface area contributed by atoms with Gasteiger partial charge in [-0.3, -0.25) is 10.2 Å². The summed E-state index contributed by atoms with van der Waals surface area (Å²) >= 11 is 1.46. The highest BCUT2D eigenvalue weighted by Crippen LogP contribution is 2.37. The Morgan fingerprint density at radius 1 is 1.45 bits per heavy atom. The normalized spacial score (nSPS) is 24.0. The quantitative estimate of drug-likeness (QED) is 0.739. The van der Waals surface area contributed by atoms with Gasteiger partial charge in [-0.05, 0) is 29.5 Å². The third-order valence-electron chi connectivity index (χ3n) is 3.92. The summed E-state index contributed by atoms with van der Waals surface area (Å²) in [6, 6.07) is 11.8. The number of benzene rings is 1. The Kier molecular flexibility index (Phi) is 4.26. The van der Waals surface area contributed by atoms with Crippen molar-refractivity contribution in [3.63, 3.8) is 0 Å². The smallest absolute Gasteiger partial charge is 0.329 e. The second kappa shape index (κ2) is 6.18. The van der Waals surface area contributed by atoms with Gasteiger partial charge in [0.1, 0.15) is 5.54 Å². The fraction of sp³-hybridized carbons (Fsp3) is 0.312. The Balaban J connectivity index is 1.68. The monoisotopic (exact) mass is 318 g/mol. The molecule has 2 atom stereocenters. The van der Waals surface area contributed by atoms with Gasteiger partial charge < -0.3 is 5.11 Å². The number of nitrogens with one attached hydrogen (secondary N) is 2. The molecule has 2 heterocycles. The van der Waals surface area contributed by atoms with Crippen LogP contribution >= 0.6 is 11.3 Å². The first-order valence-corrected chi connectivity index (χ1v) is 7.97. The maximum Gasteiger partial charge on any atom is 0.329 e. The molecule has 3 N–H and O–H groups in total. The van der Waals surface area contributed by atoms with E-state index in [-0.39, 0.29) is 6.04 Å². The van der Waals surface area contributed by atoms with Gasteiger partial charge in [-0.1, -0.05) is 30.3 Å². The maximum atomic E-state index is 11.5. The van der Waals surface area contributed by atoms with E-state index in [0.29, 0.717) is 13.2 Å². The highest BCUT2D eigenvalue weighted by Gasteiger charge is 2.43. The molecule has 0 amide bonds. The summed E-state index contributed by atoms with van der Waals surface area (Å²) in [4.78, 5) is 17.9. The third kappa shape index (κ3) is 2.78. The van der Waals surface area contributed by atoms with Crippen molar-refractivity contribution >= 4 is 17.3 Å². The molecule has 0 radical (unpaired) electrons. The van der Waals surface area contributed by atoms with Gasteiger partial charge in [0.05, 0.1) is 12.6 Å². The molecule has 116 valence electrons. The lowest BCUT2D eigenvalue weighted by atomic mass is 9.89. The van der Waals surface area contributed by atoms with Gasteiger partial charge in [0.15, 0.2) is 0 Å². The van der Waals surface area contributed by atoms with Crippen molar-refractivity contribution in [3.8, 4) is 0 Å². The summed E-state index contributed by atoms with van der Waals surface area (Å²) in [5.74, 6) is -0.861. The molecule has 0 spiro atoms. The van der Waals surface area contributed by atoms with E-state index in [1.54, 1.807) is 6.92 Å². The van der Waals surface area contributed by atoms with E-state index >= 15 is 0 Å². The van der Waals surface area contributed by atoms with Crippen LogP contribution in [0.25, 0.3) is 0 Å². The molecule has 1 aromatic carbocycles. The molecule has 0 unspecified atom stereocenters. The molecular weight excluding hydrogens is 300 g/mol. The molecule has 1 aliphatic heterocycles. The molecule has 0 fully saturated rings. The Morgan fingerprint density at radius 3 is 2.95 bits per heavy atom. The lowest BCUT2D eigenvalue weighted by Gasteiger charge is -2.35. The summed E-state index contributed by atoms with van der Waals surface area (Å²) in [5, 5.41) is 14.5. The first-order chi connectivity index (χ1) is 10.6. The topological polar surface area (TPSA) is 70.6 Å². The van der Waals surface area contributed by atoms with Crippen LogP contribution in [0.1, 0.15) is 29.0 Å². The molecule has 0 saturated heterocycles. The Morgan fingerprint density at radius 2 is 2.23 bits per heavy atom. The second-order valence-electron chi connectivity index (χ2n) is 5.46. The van der Waals surface area contributed by atoms with Crippen LogP contribution in [0.3, 0.4) is 0 Å². The number of fused-ring (bicyclic) bond motifs is 1. The van der Waals surface area contributed by atoms with E-state index in [9.17, 15) is 9.90 Å². The average molecular weight is 318 g/mol. The summed E-state index contributed by atoms with van der Waals surface area (Å²) in [5.41, 5.74) is 4.08. The fourth-order valence-corrected chi connectivity index (χ4v) is 3.67. The van der Waals surface area contributed by atoms with E-state index in [2.05, 4.69) is 10.8 Å². The molecule has 0 aliphatic carbocycles. The van der Waals surface area contributed by atoms with Gasteiger partial charge in [-0.25, -0.2) is 4.79 Å². The van der Waals surface area contributed by atoms with Gasteiger partial charge in [-0.15, -0.1) is 11.3 Å². The van der Waals surface area contributed by atoms with Crippen molar-refractivity contribution in [2.24, 2.45) is 0 Å². The SMILES string of the molecule is C[C@@]1(C(=O)O)NC[C@@H](NOCc2ccccc2)c2ccsc21. The van der Waals surface area contributed by atoms with Crippen molar-refractivity contribution in [3.05, 3.63) is 57.8 Å². The van der Waals surface area contributed by atoms with Crippen LogP contribution in [0.15, 0.2) is 41.8 Å². The molecule has 6 heteroatoms. The Labute approximate surface area is 132 Å². The van der Waals surface area contributed by atoms with Gasteiger partial charge in [0.2, 0.25) is 0 Å². The molecule has 22 heavy (non-hydrogen) atoms. The van der Waals surface area contributed by atoms with E-state index in [1.807, 2.05) is 41.8 Å². The summed E-state index contributed by atoms with van der Waals surface area (Å²) in [6.07, 6.45) is 0. The molecule has 1 aromatic heterocycles. The van der Waals surface area contributed by atoms with Gasteiger partial charge in [-0.2, -0.15) is 5.48 Å². The number of carbonyl (C=O) groups is 1. The number of hydrogen-bond acceptors (Lipinski definition) is 5. The minimum atomic E-state index is -1.03. The van der Waals surface area contributed by atoms with Crippen molar-refractivity contribution in [2.45, 2.75) is 25.1 Å². The van der Waals surface area contributed by atoms with E-state index in [0.717, 1.165) is 16.0 Å². The zero-order valence-corrected chi connectivity index (χ0v) is 13.0. The molecule has 1 aliphatic rings. The molecular formula is C16H18N2O3S. The van der Waals surface area contributed by atoms with Crippen molar-refractivity contribution in [1.29, 1.82) is 0 Å². The predicted octanol–water partition coefficient (Wildman–Crippen LogP) is 2.41. The van der Waals surface area contributed by atoms with Crippen LogP contribution in [0.4, 0.5) is 0 Å². The zero-order chi connectivity index (χ0) is 15.6. The van der Waals surface area contributed by atoms with Crippen molar-refractivity contribution < 1.29 is 14.7 Å². The van der Waals surface area contributed by atoms with Gasteiger partial charge >= 0.3 is 5.97 Å². The number of hydrogen-bond donors (Lipinski definition) is 3. The minimum absolute atomic E-state index is 0.0580. The van der Waals surface area contributed by atoms with E-state index in [4.69, 9.17) is 4.84 Å². The van der Waals surface area contributed by atoms with Crippen LogP contribution < -0.4 is 10.8 Å². The summed E-state index contributed by atoms with van der Waals surface area (Å²) in [6.45, 7) is 2.67. The zero-order valence-electron chi connectivity index (χ0n) is 12.2. The summed E-state index contributed by atoms with van der Waals surface area (Å²) < 4.78 is 0. The maximum absolute atomic E-state index is 11.5. The number of rotatable bonds is 5. The molecule has 2 aromatic rings. The standard InChI is InChI=1S/C16H18N2O3S/c1-16(15(19)20)14-12(7-8-22-14)13(9-17-16)18-21-10-11-5-3-2-4-6-11/h2-8,13,17-18H,9-10H2,1H3,(H,19,20)/t13-,16-/m1/s1. The number of aliphatic carboxylic acids is 1. The van der Waals surface area contributed by atoms with Crippen LogP contribution in [0.5, 0.6) is 0 Å². The molecule has 0 saturated carbocycles. The van der Waals surface area contributed by atoms with E-state index < -0.39 is 11.5 Å². The van der Waals surface area contributed by atoms with Crippen LogP contribution in [-0.4, -0.2) is 17.6 Å². The average Bonchev–Trinajstić information content (AvgIpc) is 3.01. The van der Waals surface area contributed by atoms with Gasteiger partial charge in [0.25, 0.3) is 0 Å². The number of carboxylic acids is 1. The first kappa shape index (κ1) is 15.2. The first-order valence-electron chi connectivity index (χ1n) is 7.09. The van der Waals surface area contributed by atoms with Gasteiger partial charge in [0, 0.05) is 11.4 Å². The third-order valence-corrected chi connectivity index (χ3v) is 5.07. The Hall–Kier alpha value is -1.73. The minimum Gasteiger partial charge on any atom is -0.480 e. The highest BCUT2D eigenvalue weighted by molar-refractivity contribution is 7.10. The van der Waals surface area contributed by atoms with Crippen LogP contribution in [0.2, 0.25) is 0 Å². The van der Waals surface area contributed by atoms with E-state index in [1.165, 1.54) is 11.3 Å². The lowest BCUT2D eigenvalue weighted by molar-refractivity contribution is -0.145. The molecule has 5 nitrogen and oxygen atoms in total. The van der Waals surface area contributed by atoms with Crippen LogP contribution in [0, 0.1) is 0 Å². The fourth-order valence-electron chi connectivity index (χ4n) is 2.57. The second-order valence-corrected chi connectivity index (χ2v) is 6.38. The number of carboxylic acid groups (broad SMARTS) is 1. The lowest BCUT2D eigenvalue weighted by Crippen LogP contribution is -2.53. The largest absolute Gasteiger partial charge is 0.480 e. The van der Waals surface area contributed by atoms with Crippen LogP contribution in [-0.2, 0) is 21.8 Å². The van der Waals surface area contributed by atoms with Crippen molar-refractivity contribution in [1.82, 2.24) is 10.8 Å². The number of hydroxylamine groups is 1.